The topological polar surface area (TPSA) is 36.9 Å². The van der Waals surface area contributed by atoms with Crippen LogP contribution in [0.15, 0.2) is 12.1 Å². The molecule has 2 rings (SSSR count). The van der Waals surface area contributed by atoms with Gasteiger partial charge in [-0.2, -0.15) is 0 Å². The molecule has 0 aliphatic carbocycles. The number of benzene rings is 1. The van der Waals surface area contributed by atoms with E-state index in [1.807, 2.05) is 0 Å². The largest absolute Gasteiger partial charge is 0.493 e. The van der Waals surface area contributed by atoms with E-state index in [2.05, 4.69) is 26.0 Å². The number of unbranched alkanes of at least 4 members (excludes halogenated alkanes) is 4. The number of fused-ring (bicyclic) bond motifs is 1. The van der Waals surface area contributed by atoms with Crippen molar-refractivity contribution < 1.29 is 18.9 Å². The van der Waals surface area contributed by atoms with Crippen LogP contribution in [-0.4, -0.2) is 39.6 Å². The van der Waals surface area contributed by atoms with Crippen molar-refractivity contribution in [3.8, 4) is 5.75 Å². The van der Waals surface area contributed by atoms with E-state index in [1.165, 1.54) is 48.8 Å². The van der Waals surface area contributed by atoms with Gasteiger partial charge in [0.2, 0.25) is 0 Å². The third-order valence-corrected chi connectivity index (χ3v) is 4.88. The highest BCUT2D eigenvalue weighted by Crippen LogP contribution is 2.32. The minimum absolute atomic E-state index is 0.599. The van der Waals surface area contributed by atoms with Crippen molar-refractivity contribution in [1.29, 1.82) is 0 Å². The van der Waals surface area contributed by atoms with E-state index in [0.717, 1.165) is 38.2 Å². The average Bonchev–Trinajstić information content (AvgIpc) is 3.15. The summed E-state index contributed by atoms with van der Waals surface area (Å²) in [5.41, 5.74) is 3.97. The van der Waals surface area contributed by atoms with Gasteiger partial charge in [0.05, 0.1) is 39.6 Å². The molecule has 1 heterocycles. The van der Waals surface area contributed by atoms with Crippen molar-refractivity contribution in [2.45, 2.75) is 71.8 Å². The van der Waals surface area contributed by atoms with Crippen LogP contribution in [0.25, 0.3) is 0 Å². The number of hydrogen-bond acceptors (Lipinski definition) is 4. The first-order chi connectivity index (χ1) is 13.3. The first-order valence-corrected chi connectivity index (χ1v) is 10.9. The summed E-state index contributed by atoms with van der Waals surface area (Å²) in [5, 5.41) is 0. The molecular formula is C23H38O4. The third-order valence-electron chi connectivity index (χ3n) is 4.88. The molecule has 0 bridgehead atoms. The van der Waals surface area contributed by atoms with Gasteiger partial charge >= 0.3 is 0 Å². The van der Waals surface area contributed by atoms with E-state index in [-0.39, 0.29) is 0 Å². The van der Waals surface area contributed by atoms with Crippen molar-refractivity contribution in [2.24, 2.45) is 0 Å². The van der Waals surface area contributed by atoms with Crippen molar-refractivity contribution in [3.05, 3.63) is 28.8 Å². The van der Waals surface area contributed by atoms with E-state index in [9.17, 15) is 0 Å². The molecule has 1 aliphatic rings. The Kier molecular flexibility index (Phi) is 11.5. The minimum atomic E-state index is 0.599. The summed E-state index contributed by atoms with van der Waals surface area (Å²) in [7, 11) is 0. The quantitative estimate of drug-likeness (QED) is 0.375. The zero-order valence-corrected chi connectivity index (χ0v) is 17.4. The second kappa shape index (κ2) is 14.0. The van der Waals surface area contributed by atoms with Gasteiger partial charge in [0.15, 0.2) is 0 Å². The Morgan fingerprint density at radius 3 is 2.33 bits per heavy atom. The second-order valence-corrected chi connectivity index (χ2v) is 7.28. The van der Waals surface area contributed by atoms with Gasteiger partial charge in [-0.25, -0.2) is 0 Å². The Morgan fingerprint density at radius 2 is 1.56 bits per heavy atom. The Balaban J connectivity index is 1.66. The lowest BCUT2D eigenvalue weighted by Gasteiger charge is -2.12. The average molecular weight is 379 g/mol. The highest BCUT2D eigenvalue weighted by atomic mass is 16.5. The van der Waals surface area contributed by atoms with Crippen molar-refractivity contribution in [1.82, 2.24) is 0 Å². The van der Waals surface area contributed by atoms with Gasteiger partial charge in [0.1, 0.15) is 5.75 Å². The molecule has 154 valence electrons. The van der Waals surface area contributed by atoms with Gasteiger partial charge < -0.3 is 18.9 Å². The molecule has 4 heteroatoms. The molecule has 1 aliphatic heterocycles. The van der Waals surface area contributed by atoms with E-state index in [0.29, 0.717) is 33.0 Å². The second-order valence-electron chi connectivity index (χ2n) is 7.28. The van der Waals surface area contributed by atoms with Crippen LogP contribution in [-0.2, 0) is 33.7 Å². The molecule has 0 N–H and O–H groups in total. The van der Waals surface area contributed by atoms with Crippen LogP contribution in [0.4, 0.5) is 0 Å². The lowest BCUT2D eigenvalue weighted by molar-refractivity contribution is 0.00991. The first kappa shape index (κ1) is 22.2. The molecule has 0 radical (unpaired) electrons. The fraction of sp³-hybridized carbons (Fsp3) is 0.739. The maximum absolute atomic E-state index is 5.84. The molecule has 27 heavy (non-hydrogen) atoms. The van der Waals surface area contributed by atoms with Gasteiger partial charge in [0.25, 0.3) is 0 Å². The summed E-state index contributed by atoms with van der Waals surface area (Å²) >= 11 is 0. The molecule has 0 aromatic heterocycles. The number of ether oxygens (including phenoxy) is 4. The first-order valence-electron chi connectivity index (χ1n) is 10.9. The van der Waals surface area contributed by atoms with E-state index < -0.39 is 0 Å². The maximum Gasteiger partial charge on any atom is 0.128 e. The predicted octanol–water partition coefficient (Wildman–Crippen LogP) is 5.09. The molecular weight excluding hydrogens is 340 g/mol. The molecule has 0 fully saturated rings. The van der Waals surface area contributed by atoms with Crippen molar-refractivity contribution in [3.63, 3.8) is 0 Å². The highest BCUT2D eigenvalue weighted by Gasteiger charge is 2.17. The van der Waals surface area contributed by atoms with Crippen LogP contribution in [0.3, 0.4) is 0 Å². The van der Waals surface area contributed by atoms with Crippen LogP contribution in [0.5, 0.6) is 5.75 Å². The summed E-state index contributed by atoms with van der Waals surface area (Å²) in [5.74, 6) is 1.05. The Morgan fingerprint density at radius 1 is 0.815 bits per heavy atom. The molecule has 0 saturated carbocycles. The standard InChI is InChI=1S/C23H38O4/c1-3-5-7-8-9-20-17-21-10-12-27-23(21)22(18-20)19-26-16-15-25-14-13-24-11-6-4-2/h17-18H,3-16,19H2,1-2H3. The van der Waals surface area contributed by atoms with E-state index in [4.69, 9.17) is 18.9 Å². The smallest absolute Gasteiger partial charge is 0.128 e. The minimum Gasteiger partial charge on any atom is -0.493 e. The summed E-state index contributed by atoms with van der Waals surface area (Å²) in [6, 6.07) is 4.61. The predicted molar refractivity (Wildman–Crippen MR) is 110 cm³/mol. The summed E-state index contributed by atoms with van der Waals surface area (Å²) < 4.78 is 22.7. The number of aryl methyl sites for hydroxylation is 1. The summed E-state index contributed by atoms with van der Waals surface area (Å²) in [6.07, 6.45) is 9.65. The van der Waals surface area contributed by atoms with Gasteiger partial charge in [-0.1, -0.05) is 45.6 Å². The third kappa shape index (κ3) is 8.63. The Hall–Kier alpha value is -1.10. The summed E-state index contributed by atoms with van der Waals surface area (Å²) in [6.45, 7) is 9.16. The fourth-order valence-corrected chi connectivity index (χ4v) is 3.34. The molecule has 0 amide bonds. The van der Waals surface area contributed by atoms with Gasteiger partial charge in [-0.05, 0) is 36.5 Å². The molecule has 0 unspecified atom stereocenters. The molecule has 4 nitrogen and oxygen atoms in total. The van der Waals surface area contributed by atoms with Crippen LogP contribution in [0.2, 0.25) is 0 Å². The summed E-state index contributed by atoms with van der Waals surface area (Å²) in [4.78, 5) is 0. The van der Waals surface area contributed by atoms with Gasteiger partial charge in [-0.15, -0.1) is 0 Å². The van der Waals surface area contributed by atoms with E-state index >= 15 is 0 Å². The lowest BCUT2D eigenvalue weighted by atomic mass is 9.99. The molecule has 1 aromatic carbocycles. The number of rotatable bonds is 16. The monoisotopic (exact) mass is 378 g/mol. The van der Waals surface area contributed by atoms with Crippen LogP contribution < -0.4 is 4.74 Å². The van der Waals surface area contributed by atoms with E-state index in [1.54, 1.807) is 0 Å². The lowest BCUT2D eigenvalue weighted by Crippen LogP contribution is -2.10. The number of hydrogen-bond donors (Lipinski definition) is 0. The van der Waals surface area contributed by atoms with Crippen LogP contribution in [0, 0.1) is 0 Å². The van der Waals surface area contributed by atoms with Crippen molar-refractivity contribution >= 4 is 0 Å². The Labute approximate surface area is 165 Å². The van der Waals surface area contributed by atoms with Gasteiger partial charge in [0, 0.05) is 18.6 Å². The van der Waals surface area contributed by atoms with Crippen LogP contribution >= 0.6 is 0 Å². The highest BCUT2D eigenvalue weighted by molar-refractivity contribution is 5.46. The van der Waals surface area contributed by atoms with Crippen LogP contribution in [0.1, 0.15) is 69.1 Å². The maximum atomic E-state index is 5.84. The normalized spacial score (nSPS) is 13.0. The molecule has 0 spiro atoms. The molecule has 0 saturated heterocycles. The Bertz CT molecular complexity index is 515. The fourth-order valence-electron chi connectivity index (χ4n) is 3.34. The molecule has 1 aromatic rings. The zero-order chi connectivity index (χ0) is 19.2. The zero-order valence-electron chi connectivity index (χ0n) is 17.4. The van der Waals surface area contributed by atoms with Gasteiger partial charge in [-0.3, -0.25) is 0 Å². The van der Waals surface area contributed by atoms with Crippen molar-refractivity contribution in [2.75, 3.05) is 39.6 Å². The SMILES string of the molecule is CCCCCCc1cc2c(c(COCCOCCOCCCC)c1)OCC2. The molecule has 0 atom stereocenters.